The number of nitrogens with zero attached hydrogens (tertiary/aromatic N) is 4. The van der Waals surface area contributed by atoms with Crippen LogP contribution in [0.2, 0.25) is 0 Å². The molecule has 1 amide bonds. The summed E-state index contributed by atoms with van der Waals surface area (Å²) in [6, 6.07) is 13.2. The van der Waals surface area contributed by atoms with E-state index in [0.29, 0.717) is 35.1 Å². The molecule has 0 radical (unpaired) electrons. The predicted molar refractivity (Wildman–Crippen MR) is 149 cm³/mol. The monoisotopic (exact) mass is 510 g/mol. The van der Waals surface area contributed by atoms with Gasteiger partial charge in [0.2, 0.25) is 0 Å². The highest BCUT2D eigenvalue weighted by Gasteiger charge is 2.14. The van der Waals surface area contributed by atoms with E-state index in [1.54, 1.807) is 25.3 Å². The summed E-state index contributed by atoms with van der Waals surface area (Å²) in [5, 5.41) is 6.90. The van der Waals surface area contributed by atoms with Crippen molar-refractivity contribution in [2.45, 2.75) is 20.8 Å². The van der Waals surface area contributed by atoms with Crippen molar-refractivity contribution >= 4 is 34.0 Å². The number of carbonyl (C=O) groups excluding carboxylic acids is 1. The van der Waals surface area contributed by atoms with Crippen LogP contribution >= 0.6 is 0 Å². The molecular formula is C29H30N6O3. The van der Waals surface area contributed by atoms with Crippen molar-refractivity contribution in [3.05, 3.63) is 66.2 Å². The Labute approximate surface area is 222 Å². The molecule has 0 atom stereocenters. The fraction of sp³-hybridized carbons (Fsp3) is 0.241. The normalized spacial score (nSPS) is 10.6. The van der Waals surface area contributed by atoms with E-state index in [-0.39, 0.29) is 0 Å². The van der Waals surface area contributed by atoms with E-state index in [1.165, 1.54) is 6.33 Å². The average Bonchev–Trinajstić information content (AvgIpc) is 2.87. The molecule has 0 saturated heterocycles. The van der Waals surface area contributed by atoms with Gasteiger partial charge in [-0.2, -0.15) is 0 Å². The molecule has 2 N–H and O–H groups in total. The Hall–Kier alpha value is -4.68. The first-order chi connectivity index (χ1) is 18.3. The molecule has 2 aromatic heterocycles. The number of ether oxygens (including phenoxy) is 2. The molecule has 2 aromatic carbocycles. The Morgan fingerprint density at radius 2 is 1.87 bits per heavy atom. The van der Waals surface area contributed by atoms with Crippen LogP contribution in [0.4, 0.5) is 17.2 Å². The second kappa shape index (κ2) is 12.0. The van der Waals surface area contributed by atoms with Crippen molar-refractivity contribution < 1.29 is 14.3 Å². The van der Waals surface area contributed by atoms with Gasteiger partial charge in [-0.1, -0.05) is 5.92 Å². The van der Waals surface area contributed by atoms with Crippen LogP contribution in [0.1, 0.15) is 18.2 Å². The molecule has 0 fully saturated rings. The Balaban J connectivity index is 1.62. The molecule has 0 bridgehead atoms. The highest BCUT2D eigenvalue weighted by Crippen LogP contribution is 2.34. The minimum absolute atomic E-state index is 0.425. The Kier molecular flexibility index (Phi) is 8.36. The second-order valence-electron chi connectivity index (χ2n) is 8.91. The molecule has 194 valence electrons. The predicted octanol–water partition coefficient (Wildman–Crippen LogP) is 5.08. The maximum Gasteiger partial charge on any atom is 0.300 e. The van der Waals surface area contributed by atoms with E-state index in [9.17, 15) is 4.79 Å². The first-order valence-corrected chi connectivity index (χ1v) is 12.1. The van der Waals surface area contributed by atoms with Crippen LogP contribution in [-0.2, 0) is 4.79 Å². The van der Waals surface area contributed by atoms with Crippen LogP contribution in [0.15, 0.2) is 55.0 Å². The van der Waals surface area contributed by atoms with Gasteiger partial charge in [0.1, 0.15) is 36.0 Å². The number of hydrogen-bond donors (Lipinski definition) is 2. The largest absolute Gasteiger partial charge is 0.490 e. The van der Waals surface area contributed by atoms with Crippen LogP contribution < -0.4 is 20.1 Å². The molecule has 0 aliphatic heterocycles. The molecule has 0 unspecified atom stereocenters. The number of amides is 1. The minimum Gasteiger partial charge on any atom is -0.490 e. The fourth-order valence-electron chi connectivity index (χ4n) is 3.63. The highest BCUT2D eigenvalue weighted by atomic mass is 16.5. The molecule has 9 heteroatoms. The summed E-state index contributed by atoms with van der Waals surface area (Å²) >= 11 is 0. The van der Waals surface area contributed by atoms with Gasteiger partial charge in [0.15, 0.2) is 0 Å². The third kappa shape index (κ3) is 6.75. The standard InChI is InChI=1S/C29H30N6O3/c1-6-7-28(36)34-25-15-23-24(16-27(25)37-13-12-35(4)5)31-18-32-29(23)33-21-9-11-26(19(2)14-21)38-22-10-8-20(3)30-17-22/h8-11,14-18H,12-13H2,1-5H3,(H,34,36)(H,31,32,33). The lowest BCUT2D eigenvalue weighted by molar-refractivity contribution is -0.111. The molecule has 4 aromatic rings. The number of carbonyl (C=O) groups is 1. The number of anilines is 3. The van der Waals surface area contributed by atoms with Crippen LogP contribution in [0, 0.1) is 25.7 Å². The van der Waals surface area contributed by atoms with Gasteiger partial charge in [-0.05, 0) is 82.7 Å². The van der Waals surface area contributed by atoms with Gasteiger partial charge >= 0.3 is 0 Å². The molecule has 2 heterocycles. The zero-order valence-electron chi connectivity index (χ0n) is 22.1. The van der Waals surface area contributed by atoms with Crippen molar-refractivity contribution in [1.29, 1.82) is 0 Å². The number of likely N-dealkylation sites (N-methyl/N-ethyl adjacent to an activating group) is 1. The summed E-state index contributed by atoms with van der Waals surface area (Å²) in [5.74, 6) is 7.19. The molecule has 0 spiro atoms. The summed E-state index contributed by atoms with van der Waals surface area (Å²) in [6.45, 7) is 6.68. The summed E-state index contributed by atoms with van der Waals surface area (Å²) in [7, 11) is 3.93. The fourth-order valence-corrected chi connectivity index (χ4v) is 3.63. The zero-order valence-corrected chi connectivity index (χ0v) is 22.1. The first-order valence-electron chi connectivity index (χ1n) is 12.1. The molecule has 4 rings (SSSR count). The quantitative estimate of drug-likeness (QED) is 0.301. The molecule has 0 saturated carbocycles. The highest BCUT2D eigenvalue weighted by molar-refractivity contribution is 6.06. The lowest BCUT2D eigenvalue weighted by Gasteiger charge is -2.16. The lowest BCUT2D eigenvalue weighted by atomic mass is 10.1. The van der Waals surface area contributed by atoms with Crippen LogP contribution in [0.3, 0.4) is 0 Å². The second-order valence-corrected chi connectivity index (χ2v) is 8.91. The average molecular weight is 511 g/mol. The Bertz CT molecular complexity index is 1510. The minimum atomic E-state index is -0.425. The molecule has 0 aliphatic rings. The van der Waals surface area contributed by atoms with E-state index in [0.717, 1.165) is 34.6 Å². The Morgan fingerprint density at radius 1 is 1.03 bits per heavy atom. The summed E-state index contributed by atoms with van der Waals surface area (Å²) in [6.07, 6.45) is 3.19. The number of hydrogen-bond acceptors (Lipinski definition) is 8. The van der Waals surface area contributed by atoms with Crippen LogP contribution in [0.25, 0.3) is 10.9 Å². The van der Waals surface area contributed by atoms with Gasteiger partial charge in [-0.3, -0.25) is 9.78 Å². The van der Waals surface area contributed by atoms with Crippen molar-refractivity contribution in [3.63, 3.8) is 0 Å². The summed E-state index contributed by atoms with van der Waals surface area (Å²) in [5.41, 5.74) is 3.86. The van der Waals surface area contributed by atoms with Crippen LogP contribution in [0.5, 0.6) is 17.2 Å². The lowest BCUT2D eigenvalue weighted by Crippen LogP contribution is -2.20. The van der Waals surface area contributed by atoms with E-state index in [4.69, 9.17) is 9.47 Å². The summed E-state index contributed by atoms with van der Waals surface area (Å²) < 4.78 is 12.0. The van der Waals surface area contributed by atoms with Gasteiger partial charge in [0, 0.05) is 29.4 Å². The number of pyridine rings is 1. The Morgan fingerprint density at radius 3 is 2.58 bits per heavy atom. The smallest absolute Gasteiger partial charge is 0.300 e. The number of fused-ring (bicyclic) bond motifs is 1. The third-order valence-corrected chi connectivity index (χ3v) is 5.57. The number of aromatic nitrogens is 3. The molecular weight excluding hydrogens is 480 g/mol. The number of nitrogens with one attached hydrogen (secondary N) is 2. The number of rotatable bonds is 9. The van der Waals surface area contributed by atoms with Gasteiger partial charge in [-0.15, -0.1) is 0 Å². The van der Waals surface area contributed by atoms with Crippen molar-refractivity contribution in [2.24, 2.45) is 0 Å². The van der Waals surface area contributed by atoms with Gasteiger partial charge < -0.3 is 25.0 Å². The van der Waals surface area contributed by atoms with Crippen molar-refractivity contribution in [3.8, 4) is 29.1 Å². The number of benzene rings is 2. The van der Waals surface area contributed by atoms with Crippen molar-refractivity contribution in [1.82, 2.24) is 19.9 Å². The van der Waals surface area contributed by atoms with E-state index in [1.807, 2.05) is 63.2 Å². The van der Waals surface area contributed by atoms with Crippen LogP contribution in [-0.4, -0.2) is 53.0 Å². The maximum atomic E-state index is 12.3. The topological polar surface area (TPSA) is 102 Å². The molecule has 38 heavy (non-hydrogen) atoms. The van der Waals surface area contributed by atoms with E-state index < -0.39 is 5.91 Å². The molecule has 9 nitrogen and oxygen atoms in total. The molecule has 0 aliphatic carbocycles. The van der Waals surface area contributed by atoms with Gasteiger partial charge in [-0.25, -0.2) is 9.97 Å². The third-order valence-electron chi connectivity index (χ3n) is 5.57. The maximum absolute atomic E-state index is 12.3. The van der Waals surface area contributed by atoms with Gasteiger partial charge in [0.05, 0.1) is 17.4 Å². The first kappa shape index (κ1) is 26.4. The SMILES string of the molecule is CC#CC(=O)Nc1cc2c(Nc3ccc(Oc4ccc(C)nc4)c(C)c3)ncnc2cc1OCCN(C)C. The van der Waals surface area contributed by atoms with Crippen molar-refractivity contribution in [2.75, 3.05) is 37.9 Å². The van der Waals surface area contributed by atoms with Gasteiger partial charge in [0.25, 0.3) is 5.91 Å². The van der Waals surface area contributed by atoms with E-state index in [2.05, 4.69) is 37.4 Å². The summed E-state index contributed by atoms with van der Waals surface area (Å²) in [4.78, 5) is 27.4. The van der Waals surface area contributed by atoms with E-state index >= 15 is 0 Å². The number of aryl methyl sites for hydroxylation is 2. The zero-order chi connectivity index (χ0) is 27.1.